The molecule has 1 aliphatic carbocycles. The maximum absolute atomic E-state index is 6.10. The molecule has 0 radical (unpaired) electrons. The van der Waals surface area contributed by atoms with Crippen molar-refractivity contribution in [3.8, 4) is 11.5 Å². The highest BCUT2D eigenvalue weighted by Crippen LogP contribution is 2.36. The number of nitrogens with one attached hydrogen (secondary N) is 1. The van der Waals surface area contributed by atoms with E-state index in [0.717, 1.165) is 24.0 Å². The Bertz CT molecular complexity index is 438. The molecule has 1 heterocycles. The van der Waals surface area contributed by atoms with Crippen molar-refractivity contribution in [2.24, 2.45) is 5.92 Å². The van der Waals surface area contributed by atoms with E-state index in [1.165, 1.54) is 31.2 Å². The molecule has 2 aliphatic rings. The molecule has 1 aromatic rings. The second kappa shape index (κ2) is 5.41. The molecule has 1 fully saturated rings. The molecule has 0 aromatic heterocycles. The van der Waals surface area contributed by atoms with Gasteiger partial charge >= 0.3 is 0 Å². The van der Waals surface area contributed by atoms with Crippen LogP contribution >= 0.6 is 0 Å². The van der Waals surface area contributed by atoms with Gasteiger partial charge in [0.05, 0.1) is 12.1 Å². The van der Waals surface area contributed by atoms with E-state index >= 15 is 0 Å². The maximum Gasteiger partial charge on any atom is 0.127 e. The summed E-state index contributed by atoms with van der Waals surface area (Å²) in [6, 6.07) is 6.57. The largest absolute Gasteiger partial charge is 0.491 e. The van der Waals surface area contributed by atoms with Crippen molar-refractivity contribution in [2.75, 3.05) is 13.7 Å². The quantitative estimate of drug-likeness (QED) is 0.905. The van der Waals surface area contributed by atoms with Gasteiger partial charge < -0.3 is 14.8 Å². The van der Waals surface area contributed by atoms with E-state index in [2.05, 4.69) is 24.4 Å². The standard InChI is InChI=1S/C16H23NO2/c1-11-3-5-12(6-4-11)19-13-7-8-14-15(17-2)10-18-16(14)9-13/h7-9,11-12,15,17H,3-6,10H2,1-2H3. The van der Waals surface area contributed by atoms with Crippen LogP contribution in [0.4, 0.5) is 0 Å². The van der Waals surface area contributed by atoms with Gasteiger partial charge in [0.2, 0.25) is 0 Å². The topological polar surface area (TPSA) is 30.5 Å². The van der Waals surface area contributed by atoms with E-state index in [0.29, 0.717) is 12.1 Å². The Kier molecular flexibility index (Phi) is 3.65. The Morgan fingerprint density at radius 2 is 2.00 bits per heavy atom. The van der Waals surface area contributed by atoms with Crippen LogP contribution in [-0.4, -0.2) is 19.8 Å². The fourth-order valence-corrected chi connectivity index (χ4v) is 3.04. The first-order valence-electron chi connectivity index (χ1n) is 7.37. The summed E-state index contributed by atoms with van der Waals surface area (Å²) in [6.45, 7) is 3.05. The highest BCUT2D eigenvalue weighted by molar-refractivity contribution is 5.45. The molecular weight excluding hydrogens is 238 g/mol. The molecular formula is C16H23NO2. The zero-order valence-electron chi connectivity index (χ0n) is 11.8. The van der Waals surface area contributed by atoms with E-state index in [4.69, 9.17) is 9.47 Å². The summed E-state index contributed by atoms with van der Waals surface area (Å²) in [4.78, 5) is 0. The van der Waals surface area contributed by atoms with Gasteiger partial charge in [-0.1, -0.05) is 6.92 Å². The molecule has 19 heavy (non-hydrogen) atoms. The molecule has 0 amide bonds. The third-order valence-corrected chi connectivity index (χ3v) is 4.38. The minimum atomic E-state index is 0.319. The SMILES string of the molecule is CNC1COc2cc(OC3CCC(C)CC3)ccc21. The lowest BCUT2D eigenvalue weighted by molar-refractivity contribution is 0.135. The normalized spacial score (nSPS) is 29.7. The second-order valence-corrected chi connectivity index (χ2v) is 5.85. The number of fused-ring (bicyclic) bond motifs is 1. The summed E-state index contributed by atoms with van der Waals surface area (Å²) in [5, 5.41) is 3.26. The van der Waals surface area contributed by atoms with Gasteiger partial charge in [0.25, 0.3) is 0 Å². The van der Waals surface area contributed by atoms with Gasteiger partial charge in [0.15, 0.2) is 0 Å². The molecule has 104 valence electrons. The van der Waals surface area contributed by atoms with Crippen LogP contribution < -0.4 is 14.8 Å². The minimum Gasteiger partial charge on any atom is -0.491 e. The van der Waals surface area contributed by atoms with Crippen LogP contribution in [0.25, 0.3) is 0 Å². The number of rotatable bonds is 3. The first-order valence-corrected chi connectivity index (χ1v) is 7.37. The summed E-state index contributed by atoms with van der Waals surface area (Å²) < 4.78 is 11.8. The van der Waals surface area contributed by atoms with Gasteiger partial charge in [-0.05, 0) is 50.8 Å². The van der Waals surface area contributed by atoms with Crippen LogP contribution in [0.1, 0.15) is 44.2 Å². The highest BCUT2D eigenvalue weighted by atomic mass is 16.5. The Morgan fingerprint density at radius 3 is 2.74 bits per heavy atom. The van der Waals surface area contributed by atoms with Crippen molar-refractivity contribution in [2.45, 2.75) is 44.8 Å². The van der Waals surface area contributed by atoms with Crippen LogP contribution in [0.15, 0.2) is 18.2 Å². The van der Waals surface area contributed by atoms with Crippen LogP contribution in [0.5, 0.6) is 11.5 Å². The fourth-order valence-electron chi connectivity index (χ4n) is 3.04. The maximum atomic E-state index is 6.10. The molecule has 1 N–H and O–H groups in total. The average Bonchev–Trinajstić information content (AvgIpc) is 2.83. The zero-order valence-corrected chi connectivity index (χ0v) is 11.8. The van der Waals surface area contributed by atoms with Gasteiger partial charge in [-0.15, -0.1) is 0 Å². The Labute approximate surface area is 115 Å². The van der Waals surface area contributed by atoms with Gasteiger partial charge in [-0.25, -0.2) is 0 Å². The predicted molar refractivity (Wildman–Crippen MR) is 75.8 cm³/mol. The molecule has 1 aromatic carbocycles. The van der Waals surface area contributed by atoms with Crippen molar-refractivity contribution in [1.82, 2.24) is 5.32 Å². The molecule has 3 rings (SSSR count). The Balaban J connectivity index is 1.66. The van der Waals surface area contributed by atoms with Gasteiger partial charge in [0.1, 0.15) is 18.1 Å². The molecule has 1 unspecified atom stereocenters. The van der Waals surface area contributed by atoms with Crippen molar-refractivity contribution < 1.29 is 9.47 Å². The highest BCUT2D eigenvalue weighted by Gasteiger charge is 2.24. The number of hydrogen-bond acceptors (Lipinski definition) is 3. The van der Waals surface area contributed by atoms with E-state index in [1.54, 1.807) is 0 Å². The molecule has 3 nitrogen and oxygen atoms in total. The van der Waals surface area contributed by atoms with Crippen LogP contribution in [-0.2, 0) is 0 Å². The number of ether oxygens (including phenoxy) is 2. The smallest absolute Gasteiger partial charge is 0.127 e. The summed E-state index contributed by atoms with van der Waals surface area (Å²) >= 11 is 0. The third-order valence-electron chi connectivity index (χ3n) is 4.38. The molecule has 3 heteroatoms. The zero-order chi connectivity index (χ0) is 13.2. The van der Waals surface area contributed by atoms with E-state index in [-0.39, 0.29) is 0 Å². The van der Waals surface area contributed by atoms with E-state index in [1.807, 2.05) is 13.1 Å². The van der Waals surface area contributed by atoms with E-state index in [9.17, 15) is 0 Å². The second-order valence-electron chi connectivity index (χ2n) is 5.85. The Hall–Kier alpha value is -1.22. The van der Waals surface area contributed by atoms with Gasteiger partial charge in [-0.2, -0.15) is 0 Å². The molecule has 1 aliphatic heterocycles. The molecule has 0 spiro atoms. The van der Waals surface area contributed by atoms with Crippen molar-refractivity contribution in [3.05, 3.63) is 23.8 Å². The van der Waals surface area contributed by atoms with Crippen molar-refractivity contribution in [1.29, 1.82) is 0 Å². The van der Waals surface area contributed by atoms with Gasteiger partial charge in [0, 0.05) is 11.6 Å². The van der Waals surface area contributed by atoms with Crippen LogP contribution in [0.2, 0.25) is 0 Å². The first-order chi connectivity index (χ1) is 9.26. The van der Waals surface area contributed by atoms with Crippen LogP contribution in [0.3, 0.4) is 0 Å². The lowest BCUT2D eigenvalue weighted by Crippen LogP contribution is -2.23. The lowest BCUT2D eigenvalue weighted by Gasteiger charge is -2.27. The lowest BCUT2D eigenvalue weighted by atomic mass is 9.89. The number of benzene rings is 1. The summed E-state index contributed by atoms with van der Waals surface area (Å²) in [7, 11) is 1.97. The Morgan fingerprint density at radius 1 is 1.21 bits per heavy atom. The van der Waals surface area contributed by atoms with Gasteiger partial charge in [-0.3, -0.25) is 0 Å². The summed E-state index contributed by atoms with van der Waals surface area (Å²) in [5.41, 5.74) is 1.24. The number of likely N-dealkylation sites (N-methyl/N-ethyl adjacent to an activating group) is 1. The molecule has 1 saturated carbocycles. The predicted octanol–water partition coefficient (Wildman–Crippen LogP) is 3.30. The molecule has 0 saturated heterocycles. The molecule has 0 bridgehead atoms. The van der Waals surface area contributed by atoms with Crippen molar-refractivity contribution >= 4 is 0 Å². The summed E-state index contributed by atoms with van der Waals surface area (Å²) in [6.07, 6.45) is 5.31. The first kappa shape index (κ1) is 12.8. The average molecular weight is 261 g/mol. The van der Waals surface area contributed by atoms with Crippen LogP contribution in [0, 0.1) is 5.92 Å². The monoisotopic (exact) mass is 261 g/mol. The molecule has 1 atom stereocenters. The van der Waals surface area contributed by atoms with Crippen molar-refractivity contribution in [3.63, 3.8) is 0 Å². The van der Waals surface area contributed by atoms with E-state index < -0.39 is 0 Å². The summed E-state index contributed by atoms with van der Waals surface area (Å²) in [5.74, 6) is 2.79. The number of hydrogen-bond donors (Lipinski definition) is 1. The third kappa shape index (κ3) is 2.71. The minimum absolute atomic E-state index is 0.319. The fraction of sp³-hybridized carbons (Fsp3) is 0.625.